The third kappa shape index (κ3) is 2.50. The smallest absolute Gasteiger partial charge is 0.159 e. The minimum Gasteiger partial charge on any atom is -0.382 e. The van der Waals surface area contributed by atoms with E-state index in [4.69, 9.17) is 0 Å². The van der Waals surface area contributed by atoms with Crippen LogP contribution < -0.4 is 5.32 Å². The maximum atomic E-state index is 4.40. The average molecular weight is 239 g/mol. The van der Waals surface area contributed by atoms with Gasteiger partial charge < -0.3 is 5.32 Å². The molecule has 0 spiro atoms. The third-order valence-corrected chi connectivity index (χ3v) is 3.50. The Kier molecular flexibility index (Phi) is 3.22. The van der Waals surface area contributed by atoms with E-state index in [2.05, 4.69) is 15.3 Å². The highest BCUT2D eigenvalue weighted by atomic mass is 14.9. The minimum atomic E-state index is 0.782. The van der Waals surface area contributed by atoms with Gasteiger partial charge in [-0.15, -0.1) is 0 Å². The number of aromatic nitrogens is 2. The molecule has 1 fully saturated rings. The summed E-state index contributed by atoms with van der Waals surface area (Å²) in [6.07, 6.45) is 7.84. The Balaban J connectivity index is 1.65. The van der Waals surface area contributed by atoms with Gasteiger partial charge in [-0.2, -0.15) is 0 Å². The molecule has 0 bridgehead atoms. The molecule has 18 heavy (non-hydrogen) atoms. The minimum absolute atomic E-state index is 0.782. The number of nitrogens with zero attached hydrogens (tertiary/aromatic N) is 2. The number of benzene rings is 1. The summed E-state index contributed by atoms with van der Waals surface area (Å²) >= 11 is 0. The molecule has 2 aromatic rings. The molecular formula is C15H17N3. The maximum absolute atomic E-state index is 4.40. The van der Waals surface area contributed by atoms with Crippen LogP contribution >= 0.6 is 0 Å². The summed E-state index contributed by atoms with van der Waals surface area (Å²) < 4.78 is 0. The van der Waals surface area contributed by atoms with Crippen LogP contribution in [0.4, 0.5) is 5.69 Å². The second-order valence-electron chi connectivity index (χ2n) is 4.84. The van der Waals surface area contributed by atoms with Gasteiger partial charge in [-0.05, 0) is 18.8 Å². The first kappa shape index (κ1) is 11.2. The van der Waals surface area contributed by atoms with Crippen molar-refractivity contribution in [2.45, 2.75) is 19.3 Å². The largest absolute Gasteiger partial charge is 0.382 e. The molecule has 0 atom stereocenters. The highest BCUT2D eigenvalue weighted by Crippen LogP contribution is 2.26. The molecule has 0 unspecified atom stereocenters. The van der Waals surface area contributed by atoms with Gasteiger partial charge in [-0.25, -0.2) is 9.97 Å². The first-order valence-corrected chi connectivity index (χ1v) is 6.53. The molecule has 3 nitrogen and oxygen atoms in total. The van der Waals surface area contributed by atoms with Crippen molar-refractivity contribution in [3.63, 3.8) is 0 Å². The molecule has 0 radical (unpaired) electrons. The fourth-order valence-corrected chi connectivity index (χ4v) is 2.11. The predicted molar refractivity (Wildman–Crippen MR) is 73.3 cm³/mol. The number of rotatable bonds is 4. The average Bonchev–Trinajstić information content (AvgIpc) is 2.39. The van der Waals surface area contributed by atoms with E-state index >= 15 is 0 Å². The van der Waals surface area contributed by atoms with Crippen LogP contribution in [0.1, 0.15) is 19.3 Å². The van der Waals surface area contributed by atoms with E-state index in [-0.39, 0.29) is 0 Å². The van der Waals surface area contributed by atoms with Gasteiger partial charge in [0, 0.05) is 12.1 Å². The van der Waals surface area contributed by atoms with Crippen LogP contribution in [-0.4, -0.2) is 16.5 Å². The van der Waals surface area contributed by atoms with Gasteiger partial charge in [0.1, 0.15) is 0 Å². The first-order valence-electron chi connectivity index (χ1n) is 6.53. The molecular weight excluding hydrogens is 222 g/mol. The van der Waals surface area contributed by atoms with Crippen LogP contribution in [-0.2, 0) is 0 Å². The summed E-state index contributed by atoms with van der Waals surface area (Å²) in [7, 11) is 0. The van der Waals surface area contributed by atoms with E-state index in [1.807, 2.05) is 42.7 Å². The highest BCUT2D eigenvalue weighted by molar-refractivity contribution is 5.55. The van der Waals surface area contributed by atoms with Gasteiger partial charge in [0.15, 0.2) is 5.82 Å². The summed E-state index contributed by atoms with van der Waals surface area (Å²) in [5.74, 6) is 1.63. The van der Waals surface area contributed by atoms with Crippen molar-refractivity contribution in [1.29, 1.82) is 0 Å². The summed E-state index contributed by atoms with van der Waals surface area (Å²) in [5.41, 5.74) is 2.07. The molecule has 92 valence electrons. The quantitative estimate of drug-likeness (QED) is 0.889. The van der Waals surface area contributed by atoms with E-state index in [1.165, 1.54) is 19.3 Å². The van der Waals surface area contributed by atoms with Gasteiger partial charge >= 0.3 is 0 Å². The van der Waals surface area contributed by atoms with Gasteiger partial charge in [0.05, 0.1) is 18.1 Å². The third-order valence-electron chi connectivity index (χ3n) is 3.50. The van der Waals surface area contributed by atoms with E-state index in [0.29, 0.717) is 0 Å². The van der Waals surface area contributed by atoms with E-state index in [1.54, 1.807) is 0 Å². The summed E-state index contributed by atoms with van der Waals surface area (Å²) in [6, 6.07) is 10.1. The van der Waals surface area contributed by atoms with Crippen LogP contribution in [0.5, 0.6) is 0 Å². The van der Waals surface area contributed by atoms with E-state index in [9.17, 15) is 0 Å². The van der Waals surface area contributed by atoms with Gasteiger partial charge in [0.2, 0.25) is 0 Å². The van der Waals surface area contributed by atoms with Crippen molar-refractivity contribution in [3.8, 4) is 11.4 Å². The lowest BCUT2D eigenvalue weighted by Gasteiger charge is -2.25. The molecule has 0 saturated heterocycles. The summed E-state index contributed by atoms with van der Waals surface area (Å²) in [6.45, 7) is 1.05. The number of anilines is 1. The highest BCUT2D eigenvalue weighted by Gasteiger charge is 2.16. The molecule has 1 N–H and O–H groups in total. The molecule has 3 rings (SSSR count). The number of hydrogen-bond acceptors (Lipinski definition) is 3. The van der Waals surface area contributed by atoms with Crippen molar-refractivity contribution in [2.75, 3.05) is 11.9 Å². The molecule has 1 aromatic carbocycles. The zero-order valence-electron chi connectivity index (χ0n) is 10.3. The Labute approximate surface area is 107 Å². The standard InChI is InChI=1S/C15H17N3/c1-2-7-13(8-3-1)15-17-10-14(11-18-15)16-9-12-5-4-6-12/h1-3,7-8,10-12,16H,4-6,9H2. The van der Waals surface area contributed by atoms with Gasteiger partial charge in [-0.1, -0.05) is 36.8 Å². The molecule has 0 aliphatic heterocycles. The number of nitrogens with one attached hydrogen (secondary N) is 1. The predicted octanol–water partition coefficient (Wildman–Crippen LogP) is 3.36. The van der Waals surface area contributed by atoms with Gasteiger partial charge in [-0.3, -0.25) is 0 Å². The fraction of sp³-hybridized carbons (Fsp3) is 0.333. The monoisotopic (exact) mass is 239 g/mol. The Hall–Kier alpha value is -1.90. The molecule has 1 saturated carbocycles. The van der Waals surface area contributed by atoms with E-state index < -0.39 is 0 Å². The zero-order chi connectivity index (χ0) is 12.2. The lowest BCUT2D eigenvalue weighted by Crippen LogP contribution is -2.20. The zero-order valence-corrected chi connectivity index (χ0v) is 10.3. The lowest BCUT2D eigenvalue weighted by atomic mass is 9.85. The topological polar surface area (TPSA) is 37.8 Å². The lowest BCUT2D eigenvalue weighted by molar-refractivity contribution is 0.333. The van der Waals surface area contributed by atoms with Crippen LogP contribution in [0.2, 0.25) is 0 Å². The normalized spacial score (nSPS) is 15.1. The van der Waals surface area contributed by atoms with Crippen LogP contribution in [0.25, 0.3) is 11.4 Å². The summed E-state index contributed by atoms with van der Waals surface area (Å²) in [4.78, 5) is 8.79. The number of hydrogen-bond donors (Lipinski definition) is 1. The molecule has 1 aromatic heterocycles. The Morgan fingerprint density at radius 3 is 2.39 bits per heavy atom. The SMILES string of the molecule is c1ccc(-c2ncc(NCC3CCC3)cn2)cc1. The molecule has 1 heterocycles. The second-order valence-corrected chi connectivity index (χ2v) is 4.84. The van der Waals surface area contributed by atoms with Gasteiger partial charge in [0.25, 0.3) is 0 Å². The van der Waals surface area contributed by atoms with Crippen LogP contribution in [0, 0.1) is 5.92 Å². The van der Waals surface area contributed by atoms with Crippen molar-refractivity contribution < 1.29 is 0 Å². The maximum Gasteiger partial charge on any atom is 0.159 e. The second kappa shape index (κ2) is 5.17. The Morgan fingerprint density at radius 2 is 1.78 bits per heavy atom. The van der Waals surface area contributed by atoms with Crippen molar-refractivity contribution in [2.24, 2.45) is 5.92 Å². The van der Waals surface area contributed by atoms with Crippen molar-refractivity contribution >= 4 is 5.69 Å². The molecule has 1 aliphatic rings. The summed E-state index contributed by atoms with van der Waals surface area (Å²) in [5, 5.41) is 3.40. The molecule has 1 aliphatic carbocycles. The Morgan fingerprint density at radius 1 is 1.06 bits per heavy atom. The molecule has 3 heteroatoms. The van der Waals surface area contributed by atoms with Crippen LogP contribution in [0.3, 0.4) is 0 Å². The van der Waals surface area contributed by atoms with Crippen molar-refractivity contribution in [3.05, 3.63) is 42.7 Å². The van der Waals surface area contributed by atoms with Crippen LogP contribution in [0.15, 0.2) is 42.7 Å². The fourth-order valence-electron chi connectivity index (χ4n) is 2.11. The van der Waals surface area contributed by atoms with Crippen molar-refractivity contribution in [1.82, 2.24) is 9.97 Å². The van der Waals surface area contributed by atoms with E-state index in [0.717, 1.165) is 29.5 Å². The molecule has 0 amide bonds. The Bertz CT molecular complexity index is 489. The first-order chi connectivity index (χ1) is 8.92.